The molecule has 0 amide bonds. The van der Waals surface area contributed by atoms with Crippen LogP contribution in [0.3, 0.4) is 0 Å². The van der Waals surface area contributed by atoms with Crippen LogP contribution in [0.15, 0.2) is 23.1 Å². The van der Waals surface area contributed by atoms with Crippen LogP contribution < -0.4 is 10.5 Å². The number of nitrogen functional groups attached to an aromatic ring is 1. The largest absolute Gasteiger partial charge is 0.416 e. The predicted octanol–water partition coefficient (Wildman–Crippen LogP) is 1.13. The Morgan fingerprint density at radius 2 is 1.85 bits per heavy atom. The van der Waals surface area contributed by atoms with Gasteiger partial charge in [0.15, 0.2) is 0 Å². The molecule has 1 aromatic rings. The second kappa shape index (κ2) is 5.98. The van der Waals surface area contributed by atoms with Crippen molar-refractivity contribution in [3.8, 4) is 0 Å². The number of sulfonamides is 1. The molecule has 9 heteroatoms. The zero-order valence-corrected chi connectivity index (χ0v) is 11.8. The van der Waals surface area contributed by atoms with Gasteiger partial charge in [0.1, 0.15) is 0 Å². The lowest BCUT2D eigenvalue weighted by Crippen LogP contribution is -2.31. The number of nitrogens with zero attached hydrogens (tertiary/aromatic N) is 1. The van der Waals surface area contributed by atoms with E-state index in [0.29, 0.717) is 18.7 Å². The fourth-order valence-corrected chi connectivity index (χ4v) is 2.53. The molecule has 0 saturated carbocycles. The van der Waals surface area contributed by atoms with Crippen LogP contribution in [0, 0.1) is 0 Å². The molecular weight excluding hydrogens is 295 g/mol. The summed E-state index contributed by atoms with van der Waals surface area (Å²) in [4.78, 5) is 1.24. The molecule has 0 bridgehead atoms. The summed E-state index contributed by atoms with van der Waals surface area (Å²) in [5.41, 5.74) is 3.98. The number of alkyl halides is 3. The molecule has 5 nitrogen and oxygen atoms in total. The van der Waals surface area contributed by atoms with Gasteiger partial charge in [0.2, 0.25) is 10.0 Å². The van der Waals surface area contributed by atoms with Crippen LogP contribution in [-0.2, 0) is 16.2 Å². The van der Waals surface area contributed by atoms with Crippen LogP contribution in [0.4, 0.5) is 18.9 Å². The molecule has 0 unspecified atom stereocenters. The van der Waals surface area contributed by atoms with Gasteiger partial charge in [0, 0.05) is 18.8 Å². The number of anilines is 1. The van der Waals surface area contributed by atoms with Crippen molar-refractivity contribution in [2.24, 2.45) is 0 Å². The first-order chi connectivity index (χ1) is 9.02. The summed E-state index contributed by atoms with van der Waals surface area (Å²) in [7, 11) is -0.525. The molecule has 0 aliphatic heterocycles. The van der Waals surface area contributed by atoms with E-state index in [1.54, 1.807) is 19.0 Å². The van der Waals surface area contributed by atoms with Gasteiger partial charge < -0.3 is 10.6 Å². The molecular formula is C11H16F3N3O2S. The molecule has 1 aromatic carbocycles. The zero-order valence-electron chi connectivity index (χ0n) is 11.0. The molecule has 0 spiro atoms. The van der Waals surface area contributed by atoms with Gasteiger partial charge in [-0.3, -0.25) is 0 Å². The van der Waals surface area contributed by atoms with Gasteiger partial charge in [-0.05, 0) is 32.3 Å². The number of hydrogen-bond acceptors (Lipinski definition) is 4. The fourth-order valence-electron chi connectivity index (χ4n) is 1.43. The van der Waals surface area contributed by atoms with Crippen molar-refractivity contribution >= 4 is 15.7 Å². The molecule has 114 valence electrons. The van der Waals surface area contributed by atoms with E-state index in [0.717, 1.165) is 6.07 Å². The van der Waals surface area contributed by atoms with E-state index in [9.17, 15) is 21.6 Å². The van der Waals surface area contributed by atoms with Crippen molar-refractivity contribution < 1.29 is 21.6 Å². The maximum Gasteiger partial charge on any atom is 0.416 e. The molecule has 0 heterocycles. The first kappa shape index (κ1) is 16.7. The summed E-state index contributed by atoms with van der Waals surface area (Å²) < 4.78 is 63.9. The highest BCUT2D eigenvalue weighted by atomic mass is 32.2. The molecule has 1 rings (SSSR count). The summed E-state index contributed by atoms with van der Waals surface area (Å²) in [6.07, 6.45) is -4.65. The molecule has 0 radical (unpaired) electrons. The average molecular weight is 311 g/mol. The van der Waals surface area contributed by atoms with Crippen LogP contribution in [0.5, 0.6) is 0 Å². The number of likely N-dealkylation sites (N-methyl/N-ethyl adjacent to an activating group) is 1. The fraction of sp³-hybridized carbons (Fsp3) is 0.455. The Labute approximate surface area is 115 Å². The minimum Gasteiger partial charge on any atom is -0.399 e. The zero-order chi connectivity index (χ0) is 15.6. The molecule has 0 aliphatic carbocycles. The summed E-state index contributed by atoms with van der Waals surface area (Å²) in [6.45, 7) is 0.513. The summed E-state index contributed by atoms with van der Waals surface area (Å²) in [5, 5.41) is 0. The van der Waals surface area contributed by atoms with Crippen LogP contribution in [0.1, 0.15) is 5.56 Å². The third-order valence-electron chi connectivity index (χ3n) is 2.42. The first-order valence-corrected chi connectivity index (χ1v) is 7.13. The van der Waals surface area contributed by atoms with E-state index in [-0.39, 0.29) is 12.2 Å². The van der Waals surface area contributed by atoms with Crippen molar-refractivity contribution in [3.63, 3.8) is 0 Å². The highest BCUT2D eigenvalue weighted by Gasteiger charge is 2.32. The van der Waals surface area contributed by atoms with Crippen LogP contribution in [0.2, 0.25) is 0 Å². The van der Waals surface area contributed by atoms with Gasteiger partial charge in [-0.15, -0.1) is 0 Å². The van der Waals surface area contributed by atoms with Crippen molar-refractivity contribution in [3.05, 3.63) is 23.8 Å². The average Bonchev–Trinajstić information content (AvgIpc) is 2.26. The quantitative estimate of drug-likeness (QED) is 0.799. The smallest absolute Gasteiger partial charge is 0.399 e. The Hall–Kier alpha value is -1.32. The van der Waals surface area contributed by atoms with Gasteiger partial charge >= 0.3 is 6.18 Å². The van der Waals surface area contributed by atoms with Gasteiger partial charge in [-0.1, -0.05) is 0 Å². The summed E-state index contributed by atoms with van der Waals surface area (Å²) in [5.74, 6) is 0. The third kappa shape index (κ3) is 4.66. The maximum atomic E-state index is 12.6. The lowest BCUT2D eigenvalue weighted by molar-refractivity contribution is -0.137. The molecule has 3 N–H and O–H groups in total. The maximum absolute atomic E-state index is 12.6. The first-order valence-electron chi connectivity index (χ1n) is 5.64. The Morgan fingerprint density at radius 1 is 1.25 bits per heavy atom. The van der Waals surface area contributed by atoms with E-state index in [1.165, 1.54) is 0 Å². The molecule has 0 saturated heterocycles. The van der Waals surface area contributed by atoms with Crippen LogP contribution in [0.25, 0.3) is 0 Å². The van der Waals surface area contributed by atoms with Gasteiger partial charge in [0.25, 0.3) is 0 Å². The summed E-state index contributed by atoms with van der Waals surface area (Å²) in [6, 6.07) is 2.25. The standard InChI is InChI=1S/C11H16F3N3O2S/c1-17(2)4-3-16-20(18,19)10-6-8(11(12,13)14)5-9(15)7-10/h5-7,16H,3-4,15H2,1-2H3. The van der Waals surface area contributed by atoms with E-state index in [2.05, 4.69) is 4.72 Å². The second-order valence-corrected chi connectivity index (χ2v) is 6.26. The monoisotopic (exact) mass is 311 g/mol. The SMILES string of the molecule is CN(C)CCNS(=O)(=O)c1cc(N)cc(C(F)(F)F)c1. The van der Waals surface area contributed by atoms with Crippen molar-refractivity contribution in [2.45, 2.75) is 11.1 Å². The highest BCUT2D eigenvalue weighted by molar-refractivity contribution is 7.89. The normalized spacial score (nSPS) is 12.9. The number of halogens is 3. The Morgan fingerprint density at radius 3 is 2.35 bits per heavy atom. The van der Waals surface area contributed by atoms with E-state index >= 15 is 0 Å². The Bertz CT molecular complexity index is 571. The number of rotatable bonds is 5. The predicted molar refractivity (Wildman–Crippen MR) is 69.6 cm³/mol. The minimum atomic E-state index is -4.65. The van der Waals surface area contributed by atoms with Gasteiger partial charge in [-0.25, -0.2) is 13.1 Å². The lowest BCUT2D eigenvalue weighted by atomic mass is 10.2. The Balaban J connectivity index is 3.03. The van der Waals surface area contributed by atoms with Gasteiger partial charge in [-0.2, -0.15) is 13.2 Å². The second-order valence-electron chi connectivity index (χ2n) is 4.49. The van der Waals surface area contributed by atoms with Crippen molar-refractivity contribution in [1.82, 2.24) is 9.62 Å². The molecule has 0 aliphatic rings. The molecule has 20 heavy (non-hydrogen) atoms. The lowest BCUT2D eigenvalue weighted by Gasteiger charge is -2.13. The van der Waals surface area contributed by atoms with Crippen molar-refractivity contribution in [2.75, 3.05) is 32.9 Å². The molecule has 0 aromatic heterocycles. The van der Waals surface area contributed by atoms with Crippen LogP contribution in [-0.4, -0.2) is 40.5 Å². The van der Waals surface area contributed by atoms with Crippen LogP contribution >= 0.6 is 0 Å². The topological polar surface area (TPSA) is 75.4 Å². The number of benzene rings is 1. The molecule has 0 atom stereocenters. The Kier molecular flexibility index (Phi) is 5.00. The van der Waals surface area contributed by atoms with E-state index in [1.807, 2.05) is 0 Å². The van der Waals surface area contributed by atoms with Crippen molar-refractivity contribution in [1.29, 1.82) is 0 Å². The minimum absolute atomic E-state index is 0.0888. The highest BCUT2D eigenvalue weighted by Crippen LogP contribution is 2.32. The summed E-state index contributed by atoms with van der Waals surface area (Å²) >= 11 is 0. The number of nitrogens with two attached hydrogens (primary N) is 1. The van der Waals surface area contributed by atoms with Gasteiger partial charge in [0.05, 0.1) is 10.5 Å². The van der Waals surface area contributed by atoms with E-state index < -0.39 is 26.7 Å². The van der Waals surface area contributed by atoms with E-state index in [4.69, 9.17) is 5.73 Å². The third-order valence-corrected chi connectivity index (χ3v) is 3.86. The molecule has 0 fully saturated rings. The number of nitrogens with one attached hydrogen (secondary N) is 1. The number of hydrogen-bond donors (Lipinski definition) is 2.